The Morgan fingerprint density at radius 2 is 2.35 bits per heavy atom. The van der Waals surface area contributed by atoms with E-state index in [1.165, 1.54) is 12.3 Å². The molecule has 0 spiro atoms. The molecule has 0 aromatic carbocycles. The molecule has 0 unspecified atom stereocenters. The standard InChI is InChI=1S/C11H9ClN2O2S/c12-9-8(11(15)16)3-4-13-10(9)14-6-7-2-1-5-17-7/h1-5H,6H2,(H,13,14)(H,15,16). The second-order valence-corrected chi connectivity index (χ2v) is 4.67. The zero-order valence-corrected chi connectivity index (χ0v) is 10.3. The van der Waals surface area contributed by atoms with Gasteiger partial charge in [0.05, 0.1) is 17.1 Å². The third-order valence-electron chi connectivity index (χ3n) is 2.13. The number of nitrogens with zero attached hydrogens (tertiary/aromatic N) is 1. The molecule has 0 aliphatic rings. The fraction of sp³-hybridized carbons (Fsp3) is 0.0909. The van der Waals surface area contributed by atoms with E-state index in [9.17, 15) is 4.79 Å². The summed E-state index contributed by atoms with van der Waals surface area (Å²) >= 11 is 7.55. The van der Waals surface area contributed by atoms with Crippen molar-refractivity contribution in [3.8, 4) is 0 Å². The number of aromatic nitrogens is 1. The number of hydrogen-bond donors (Lipinski definition) is 2. The third kappa shape index (κ3) is 2.75. The predicted octanol–water partition coefficient (Wildman–Crippen LogP) is 3.11. The molecule has 2 N–H and O–H groups in total. The minimum atomic E-state index is -1.06. The van der Waals surface area contributed by atoms with Gasteiger partial charge in [0.25, 0.3) is 0 Å². The first-order chi connectivity index (χ1) is 8.18. The van der Waals surface area contributed by atoms with Gasteiger partial charge in [0.15, 0.2) is 0 Å². The second kappa shape index (κ2) is 5.16. The minimum Gasteiger partial charge on any atom is -0.478 e. The topological polar surface area (TPSA) is 62.2 Å². The number of aromatic carboxylic acids is 1. The van der Waals surface area contributed by atoms with Crippen molar-refractivity contribution in [3.05, 3.63) is 45.2 Å². The monoisotopic (exact) mass is 268 g/mol. The molecule has 0 radical (unpaired) electrons. The van der Waals surface area contributed by atoms with E-state index in [2.05, 4.69) is 10.3 Å². The summed E-state index contributed by atoms with van der Waals surface area (Å²) in [5, 5.41) is 14.0. The van der Waals surface area contributed by atoms with Gasteiger partial charge in [0.2, 0.25) is 0 Å². The van der Waals surface area contributed by atoms with Gasteiger partial charge in [-0.25, -0.2) is 9.78 Å². The summed E-state index contributed by atoms with van der Waals surface area (Å²) in [6, 6.07) is 5.30. The SMILES string of the molecule is O=C(O)c1ccnc(NCc2cccs2)c1Cl. The Morgan fingerprint density at radius 1 is 1.53 bits per heavy atom. The van der Waals surface area contributed by atoms with Crippen LogP contribution in [0.5, 0.6) is 0 Å². The van der Waals surface area contributed by atoms with E-state index in [1.54, 1.807) is 11.3 Å². The number of carboxylic acids is 1. The van der Waals surface area contributed by atoms with E-state index in [0.717, 1.165) is 4.88 Å². The predicted molar refractivity (Wildman–Crippen MR) is 67.9 cm³/mol. The molecule has 0 saturated carbocycles. The lowest BCUT2D eigenvalue weighted by Crippen LogP contribution is -2.04. The summed E-state index contributed by atoms with van der Waals surface area (Å²) in [5.41, 5.74) is 0.0512. The van der Waals surface area contributed by atoms with Crippen LogP contribution in [0.1, 0.15) is 15.2 Å². The van der Waals surface area contributed by atoms with Crippen LogP contribution < -0.4 is 5.32 Å². The molecule has 0 atom stereocenters. The molecule has 0 amide bonds. The van der Waals surface area contributed by atoms with E-state index in [1.807, 2.05) is 17.5 Å². The minimum absolute atomic E-state index is 0.0512. The van der Waals surface area contributed by atoms with Crippen molar-refractivity contribution in [3.63, 3.8) is 0 Å². The number of hydrogen-bond acceptors (Lipinski definition) is 4. The van der Waals surface area contributed by atoms with Crippen LogP contribution in [0.15, 0.2) is 29.8 Å². The van der Waals surface area contributed by atoms with Crippen molar-refractivity contribution in [1.29, 1.82) is 0 Å². The quantitative estimate of drug-likeness (QED) is 0.894. The normalized spacial score (nSPS) is 10.2. The van der Waals surface area contributed by atoms with Gasteiger partial charge >= 0.3 is 5.97 Å². The largest absolute Gasteiger partial charge is 0.478 e. The molecule has 0 aliphatic heterocycles. The molecule has 4 nitrogen and oxygen atoms in total. The smallest absolute Gasteiger partial charge is 0.337 e. The first-order valence-corrected chi connectivity index (χ1v) is 6.08. The van der Waals surface area contributed by atoms with E-state index in [0.29, 0.717) is 12.4 Å². The van der Waals surface area contributed by atoms with Crippen molar-refractivity contribution < 1.29 is 9.90 Å². The highest BCUT2D eigenvalue weighted by atomic mass is 35.5. The number of thiophene rings is 1. The van der Waals surface area contributed by atoms with E-state index < -0.39 is 5.97 Å². The van der Waals surface area contributed by atoms with Crippen LogP contribution in [0.25, 0.3) is 0 Å². The average Bonchev–Trinajstić information content (AvgIpc) is 2.80. The highest BCUT2D eigenvalue weighted by molar-refractivity contribution is 7.09. The van der Waals surface area contributed by atoms with Gasteiger partial charge in [-0.05, 0) is 17.5 Å². The average molecular weight is 269 g/mol. The van der Waals surface area contributed by atoms with Crippen LogP contribution in [0, 0.1) is 0 Å². The van der Waals surface area contributed by atoms with Gasteiger partial charge < -0.3 is 10.4 Å². The maximum Gasteiger partial charge on any atom is 0.337 e. The highest BCUT2D eigenvalue weighted by Gasteiger charge is 2.12. The molecule has 2 heterocycles. The second-order valence-electron chi connectivity index (χ2n) is 3.26. The summed E-state index contributed by atoms with van der Waals surface area (Å²) in [6.45, 7) is 0.577. The summed E-state index contributed by atoms with van der Waals surface area (Å²) in [6.07, 6.45) is 1.42. The van der Waals surface area contributed by atoms with Crippen LogP contribution in [0.2, 0.25) is 5.02 Å². The molecule has 88 valence electrons. The van der Waals surface area contributed by atoms with Crippen molar-refractivity contribution in [1.82, 2.24) is 4.98 Å². The van der Waals surface area contributed by atoms with Crippen LogP contribution in [-0.4, -0.2) is 16.1 Å². The molecule has 2 rings (SSSR count). The van der Waals surface area contributed by atoms with Crippen molar-refractivity contribution >= 4 is 34.7 Å². The van der Waals surface area contributed by atoms with Gasteiger partial charge in [-0.2, -0.15) is 0 Å². The Kier molecular flexibility index (Phi) is 3.61. The number of nitrogens with one attached hydrogen (secondary N) is 1. The summed E-state index contributed by atoms with van der Waals surface area (Å²) in [7, 11) is 0. The van der Waals surface area contributed by atoms with Crippen LogP contribution in [-0.2, 0) is 6.54 Å². The van der Waals surface area contributed by atoms with Gasteiger partial charge in [0.1, 0.15) is 5.82 Å². The van der Waals surface area contributed by atoms with Crippen molar-refractivity contribution in [2.45, 2.75) is 6.54 Å². The number of carboxylic acid groups (broad SMARTS) is 1. The van der Waals surface area contributed by atoms with Crippen LogP contribution in [0.4, 0.5) is 5.82 Å². The van der Waals surface area contributed by atoms with Gasteiger partial charge in [-0.3, -0.25) is 0 Å². The molecule has 0 bridgehead atoms. The molecule has 2 aromatic heterocycles. The Labute approximate surface area is 107 Å². The number of rotatable bonds is 4. The van der Waals surface area contributed by atoms with Crippen LogP contribution >= 0.6 is 22.9 Å². The van der Waals surface area contributed by atoms with Crippen LogP contribution in [0.3, 0.4) is 0 Å². The van der Waals surface area contributed by atoms with E-state index in [4.69, 9.17) is 16.7 Å². The third-order valence-corrected chi connectivity index (χ3v) is 3.39. The Bertz CT molecular complexity index is 528. The first-order valence-electron chi connectivity index (χ1n) is 4.82. The number of carbonyl (C=O) groups is 1. The summed E-state index contributed by atoms with van der Waals surface area (Å²) in [5.74, 6) is -0.670. The molecule has 0 fully saturated rings. The lowest BCUT2D eigenvalue weighted by atomic mass is 10.2. The van der Waals surface area contributed by atoms with Gasteiger partial charge in [0, 0.05) is 11.1 Å². The van der Waals surface area contributed by atoms with Crippen molar-refractivity contribution in [2.24, 2.45) is 0 Å². The number of anilines is 1. The van der Waals surface area contributed by atoms with Gasteiger partial charge in [-0.1, -0.05) is 17.7 Å². The fourth-order valence-corrected chi connectivity index (χ4v) is 2.22. The molecular formula is C11H9ClN2O2S. The molecule has 0 saturated heterocycles. The summed E-state index contributed by atoms with van der Waals surface area (Å²) in [4.78, 5) is 16.0. The zero-order chi connectivity index (χ0) is 12.3. The Morgan fingerprint density at radius 3 is 3.00 bits per heavy atom. The highest BCUT2D eigenvalue weighted by Crippen LogP contribution is 2.24. The molecule has 2 aromatic rings. The molecular weight excluding hydrogens is 260 g/mol. The van der Waals surface area contributed by atoms with E-state index in [-0.39, 0.29) is 10.6 Å². The molecule has 17 heavy (non-hydrogen) atoms. The first kappa shape index (κ1) is 11.9. The lowest BCUT2D eigenvalue weighted by molar-refractivity contribution is 0.0697. The Balaban J connectivity index is 2.16. The zero-order valence-electron chi connectivity index (χ0n) is 8.68. The number of pyridine rings is 1. The molecule has 6 heteroatoms. The molecule has 0 aliphatic carbocycles. The lowest BCUT2D eigenvalue weighted by Gasteiger charge is -2.07. The number of halogens is 1. The van der Waals surface area contributed by atoms with E-state index >= 15 is 0 Å². The fourth-order valence-electron chi connectivity index (χ4n) is 1.32. The Hall–Kier alpha value is -1.59. The maximum absolute atomic E-state index is 10.9. The van der Waals surface area contributed by atoms with Gasteiger partial charge in [-0.15, -0.1) is 11.3 Å². The van der Waals surface area contributed by atoms with Crippen molar-refractivity contribution in [2.75, 3.05) is 5.32 Å². The summed E-state index contributed by atoms with van der Waals surface area (Å²) < 4.78 is 0. The maximum atomic E-state index is 10.9.